The smallest absolute Gasteiger partial charge is 0.229 e. The minimum absolute atomic E-state index is 0.245. The maximum Gasteiger partial charge on any atom is 0.229 e. The number of rotatable bonds is 4. The number of aliphatic hydroxyl groups excluding tert-OH is 1. The lowest BCUT2D eigenvalue weighted by Crippen LogP contribution is -2.56. The zero-order chi connectivity index (χ0) is 17.3. The second-order valence-corrected chi connectivity index (χ2v) is 6.05. The Morgan fingerprint density at radius 1 is 1.17 bits per heavy atom. The van der Waals surface area contributed by atoms with Crippen LogP contribution in [0.3, 0.4) is 0 Å². The molecule has 24 heavy (non-hydrogen) atoms. The zero-order valence-electron chi connectivity index (χ0n) is 14.4. The highest BCUT2D eigenvalue weighted by atomic mass is 16.7. The molecule has 2 aromatic rings. The monoisotopic (exact) mass is 333 g/mol. The molecule has 1 aliphatic rings. The van der Waals surface area contributed by atoms with E-state index in [0.717, 1.165) is 22.0 Å². The van der Waals surface area contributed by atoms with Crippen molar-refractivity contribution in [1.82, 2.24) is 4.98 Å². The molecule has 0 aliphatic carbocycles. The van der Waals surface area contributed by atoms with Gasteiger partial charge in [0.2, 0.25) is 6.29 Å². The zero-order valence-corrected chi connectivity index (χ0v) is 14.4. The number of hydrogen-bond acceptors (Lipinski definition) is 6. The van der Waals surface area contributed by atoms with Gasteiger partial charge in [0.15, 0.2) is 0 Å². The molecule has 0 bridgehead atoms. The molecule has 130 valence electrons. The van der Waals surface area contributed by atoms with E-state index in [1.165, 1.54) is 14.2 Å². The summed E-state index contributed by atoms with van der Waals surface area (Å²) in [7, 11) is 3.05. The van der Waals surface area contributed by atoms with Gasteiger partial charge in [-0.1, -0.05) is 0 Å². The van der Waals surface area contributed by atoms with Crippen LogP contribution in [-0.2, 0) is 14.2 Å². The summed E-state index contributed by atoms with van der Waals surface area (Å²) in [6.45, 7) is 4.28. The number of nitrogens with zero attached hydrogens (tertiary/aromatic N) is 1. The number of methoxy groups -OCH3 is 2. The highest BCUT2D eigenvalue weighted by Crippen LogP contribution is 2.29. The van der Waals surface area contributed by atoms with E-state index in [4.69, 9.17) is 18.9 Å². The van der Waals surface area contributed by atoms with Crippen molar-refractivity contribution < 1.29 is 24.1 Å². The summed E-state index contributed by atoms with van der Waals surface area (Å²) < 4.78 is 22.2. The Kier molecular flexibility index (Phi) is 5.01. The molecule has 0 radical (unpaired) electrons. The van der Waals surface area contributed by atoms with E-state index in [-0.39, 0.29) is 6.61 Å². The number of aryl methyl sites for hydroxylation is 2. The van der Waals surface area contributed by atoms with Crippen molar-refractivity contribution in [3.8, 4) is 5.75 Å². The fourth-order valence-corrected chi connectivity index (χ4v) is 3.05. The molecule has 0 spiro atoms. The van der Waals surface area contributed by atoms with Crippen LogP contribution in [0.4, 0.5) is 0 Å². The summed E-state index contributed by atoms with van der Waals surface area (Å²) >= 11 is 0. The second-order valence-electron chi connectivity index (χ2n) is 6.05. The average molecular weight is 333 g/mol. The SMILES string of the molecule is CO[C@H]1[C@H](Oc2cc(C)c3nccc(C)c3c2)OC[C@@H](OC)[C@@H]1O. The van der Waals surface area contributed by atoms with Gasteiger partial charge < -0.3 is 24.1 Å². The maximum absolute atomic E-state index is 10.3. The lowest BCUT2D eigenvalue weighted by atomic mass is 10.0. The van der Waals surface area contributed by atoms with Crippen molar-refractivity contribution in [2.24, 2.45) is 0 Å². The van der Waals surface area contributed by atoms with Crippen LogP contribution in [0.15, 0.2) is 24.4 Å². The van der Waals surface area contributed by atoms with Gasteiger partial charge in [-0.05, 0) is 43.2 Å². The third-order valence-corrected chi connectivity index (χ3v) is 4.46. The van der Waals surface area contributed by atoms with Crippen LogP contribution in [0, 0.1) is 13.8 Å². The lowest BCUT2D eigenvalue weighted by molar-refractivity contribution is -0.253. The van der Waals surface area contributed by atoms with E-state index in [9.17, 15) is 5.11 Å². The predicted octanol–water partition coefficient (Wildman–Crippen LogP) is 1.98. The van der Waals surface area contributed by atoms with Gasteiger partial charge in [-0.25, -0.2) is 0 Å². The molecule has 1 fully saturated rings. The molecule has 2 heterocycles. The Hall–Kier alpha value is -1.73. The third kappa shape index (κ3) is 3.10. The van der Waals surface area contributed by atoms with Crippen LogP contribution < -0.4 is 4.74 Å². The van der Waals surface area contributed by atoms with E-state index in [1.807, 2.05) is 32.0 Å². The summed E-state index contributed by atoms with van der Waals surface area (Å²) in [5.41, 5.74) is 3.10. The van der Waals surface area contributed by atoms with Gasteiger partial charge in [-0.3, -0.25) is 4.98 Å². The van der Waals surface area contributed by atoms with Crippen molar-refractivity contribution in [2.45, 2.75) is 38.4 Å². The molecular weight excluding hydrogens is 310 g/mol. The normalized spacial score (nSPS) is 27.4. The van der Waals surface area contributed by atoms with Gasteiger partial charge in [-0.2, -0.15) is 0 Å². The van der Waals surface area contributed by atoms with Crippen LogP contribution >= 0.6 is 0 Å². The standard InChI is InChI=1S/C18H23NO5/c1-10-5-6-19-15-11(2)7-12(8-13(10)15)24-18-17(22-4)16(20)14(21-3)9-23-18/h5-8,14,16-18,20H,9H2,1-4H3/t14-,16+,17-,18+/m1/s1. The second kappa shape index (κ2) is 7.03. The van der Waals surface area contributed by atoms with Gasteiger partial charge in [0, 0.05) is 25.8 Å². The van der Waals surface area contributed by atoms with Gasteiger partial charge in [0.25, 0.3) is 0 Å². The van der Waals surface area contributed by atoms with E-state index in [2.05, 4.69) is 4.98 Å². The van der Waals surface area contributed by atoms with Crippen LogP contribution in [-0.4, -0.2) is 55.5 Å². The Morgan fingerprint density at radius 2 is 1.96 bits per heavy atom. The van der Waals surface area contributed by atoms with E-state index < -0.39 is 24.6 Å². The van der Waals surface area contributed by atoms with Crippen molar-refractivity contribution in [3.63, 3.8) is 0 Å². The third-order valence-electron chi connectivity index (χ3n) is 4.46. The van der Waals surface area contributed by atoms with Gasteiger partial charge in [0.1, 0.15) is 24.1 Å². The number of aromatic nitrogens is 1. The van der Waals surface area contributed by atoms with E-state index in [0.29, 0.717) is 5.75 Å². The summed E-state index contributed by atoms with van der Waals surface area (Å²) in [6, 6.07) is 5.82. The molecule has 0 saturated carbocycles. The molecule has 4 atom stereocenters. The number of hydrogen-bond donors (Lipinski definition) is 1. The molecule has 1 aromatic heterocycles. The molecule has 6 nitrogen and oxygen atoms in total. The fraction of sp³-hybridized carbons (Fsp3) is 0.500. The Balaban J connectivity index is 1.88. The summed E-state index contributed by atoms with van der Waals surface area (Å²) in [4.78, 5) is 4.43. The Labute approximate surface area is 141 Å². The molecule has 3 rings (SSSR count). The first-order chi connectivity index (χ1) is 11.5. The summed E-state index contributed by atoms with van der Waals surface area (Å²) in [6.07, 6.45) is -0.777. The topological polar surface area (TPSA) is 70.0 Å². The minimum atomic E-state index is -0.816. The average Bonchev–Trinajstić information content (AvgIpc) is 2.56. The molecular formula is C18H23NO5. The first-order valence-electron chi connectivity index (χ1n) is 7.93. The Morgan fingerprint density at radius 3 is 2.67 bits per heavy atom. The first kappa shape index (κ1) is 17.1. The number of fused-ring (bicyclic) bond motifs is 1. The summed E-state index contributed by atoms with van der Waals surface area (Å²) in [5, 5.41) is 11.4. The molecule has 1 saturated heterocycles. The van der Waals surface area contributed by atoms with Gasteiger partial charge in [-0.15, -0.1) is 0 Å². The molecule has 1 N–H and O–H groups in total. The van der Waals surface area contributed by atoms with Crippen molar-refractivity contribution in [2.75, 3.05) is 20.8 Å². The molecule has 6 heteroatoms. The van der Waals surface area contributed by atoms with Crippen LogP contribution in [0.5, 0.6) is 5.75 Å². The highest BCUT2D eigenvalue weighted by molar-refractivity contribution is 5.86. The van der Waals surface area contributed by atoms with Gasteiger partial charge in [0.05, 0.1) is 12.1 Å². The maximum atomic E-state index is 10.3. The van der Waals surface area contributed by atoms with Crippen LogP contribution in [0.2, 0.25) is 0 Å². The van der Waals surface area contributed by atoms with Gasteiger partial charge >= 0.3 is 0 Å². The van der Waals surface area contributed by atoms with Crippen LogP contribution in [0.1, 0.15) is 11.1 Å². The largest absolute Gasteiger partial charge is 0.462 e. The lowest BCUT2D eigenvalue weighted by Gasteiger charge is -2.38. The van der Waals surface area contributed by atoms with E-state index >= 15 is 0 Å². The first-order valence-corrected chi connectivity index (χ1v) is 7.93. The Bertz CT molecular complexity index is 720. The highest BCUT2D eigenvalue weighted by Gasteiger charge is 2.41. The number of aliphatic hydroxyl groups is 1. The van der Waals surface area contributed by atoms with Crippen molar-refractivity contribution >= 4 is 10.9 Å². The van der Waals surface area contributed by atoms with Crippen molar-refractivity contribution in [3.05, 3.63) is 35.5 Å². The number of benzene rings is 1. The van der Waals surface area contributed by atoms with Crippen molar-refractivity contribution in [1.29, 1.82) is 0 Å². The quantitative estimate of drug-likeness (QED) is 0.923. The molecule has 1 aromatic carbocycles. The van der Waals surface area contributed by atoms with Crippen LogP contribution in [0.25, 0.3) is 10.9 Å². The molecule has 1 aliphatic heterocycles. The molecule has 0 unspecified atom stereocenters. The number of pyridine rings is 1. The minimum Gasteiger partial charge on any atom is -0.462 e. The molecule has 0 amide bonds. The fourth-order valence-electron chi connectivity index (χ4n) is 3.05. The van der Waals surface area contributed by atoms with E-state index in [1.54, 1.807) is 6.20 Å². The summed E-state index contributed by atoms with van der Waals surface area (Å²) in [5.74, 6) is 0.659. The predicted molar refractivity (Wildman–Crippen MR) is 89.2 cm³/mol. The number of ether oxygens (including phenoxy) is 4.